The lowest BCUT2D eigenvalue weighted by Crippen LogP contribution is -2.29. The minimum absolute atomic E-state index is 0.351. The van der Waals surface area contributed by atoms with Gasteiger partial charge in [-0.25, -0.2) is 18.7 Å². The maximum Gasteiger partial charge on any atom is 0.146 e. The van der Waals surface area contributed by atoms with Crippen LogP contribution in [-0.4, -0.2) is 23.1 Å². The summed E-state index contributed by atoms with van der Waals surface area (Å²) in [6.07, 6.45) is 1.44. The number of rotatable bonds is 1. The number of nitrogens with zero attached hydrogens (tertiary/aromatic N) is 3. The molecule has 0 N–H and O–H groups in total. The molecule has 22 heavy (non-hydrogen) atoms. The summed E-state index contributed by atoms with van der Waals surface area (Å²) < 4.78 is 32.4. The SMILES string of the molecule is Fc1ccc2c(c1)OCCN2c1ncnc2ccc(F)cc12. The van der Waals surface area contributed by atoms with Crippen LogP contribution in [0.25, 0.3) is 10.9 Å². The second-order valence-electron chi connectivity index (χ2n) is 4.97. The van der Waals surface area contributed by atoms with Gasteiger partial charge in [-0.15, -0.1) is 0 Å². The number of fused-ring (bicyclic) bond motifs is 2. The summed E-state index contributed by atoms with van der Waals surface area (Å²) >= 11 is 0. The Kier molecular flexibility index (Phi) is 2.89. The van der Waals surface area contributed by atoms with Crippen molar-refractivity contribution in [2.45, 2.75) is 0 Å². The standard InChI is InChI=1S/C16H11F2N3O/c17-10-1-3-13-12(7-10)16(20-9-19-13)21-5-6-22-15-8-11(18)2-4-14(15)21/h1-4,7-9H,5-6H2. The third-order valence-electron chi connectivity index (χ3n) is 3.62. The highest BCUT2D eigenvalue weighted by Gasteiger charge is 2.22. The highest BCUT2D eigenvalue weighted by Crippen LogP contribution is 2.38. The number of aromatic nitrogens is 2. The molecule has 0 aliphatic carbocycles. The average Bonchev–Trinajstić information content (AvgIpc) is 2.53. The van der Waals surface area contributed by atoms with E-state index < -0.39 is 0 Å². The van der Waals surface area contributed by atoms with E-state index >= 15 is 0 Å². The van der Waals surface area contributed by atoms with Crippen molar-refractivity contribution in [1.82, 2.24) is 9.97 Å². The fraction of sp³-hybridized carbons (Fsp3) is 0.125. The molecule has 1 aromatic heterocycles. The molecular weight excluding hydrogens is 288 g/mol. The number of ether oxygens (including phenoxy) is 1. The summed E-state index contributed by atoms with van der Waals surface area (Å²) in [4.78, 5) is 10.3. The van der Waals surface area contributed by atoms with Crippen LogP contribution in [0.3, 0.4) is 0 Å². The first kappa shape index (κ1) is 12.9. The lowest BCUT2D eigenvalue weighted by Gasteiger charge is -2.30. The fourth-order valence-corrected chi connectivity index (χ4v) is 2.64. The van der Waals surface area contributed by atoms with Gasteiger partial charge in [0.1, 0.15) is 36.1 Å². The van der Waals surface area contributed by atoms with Gasteiger partial charge < -0.3 is 9.64 Å². The maximum absolute atomic E-state index is 13.6. The zero-order valence-corrected chi connectivity index (χ0v) is 11.5. The number of hydrogen-bond donors (Lipinski definition) is 0. The monoisotopic (exact) mass is 299 g/mol. The lowest BCUT2D eigenvalue weighted by atomic mass is 10.2. The Bertz CT molecular complexity index is 869. The van der Waals surface area contributed by atoms with Crippen LogP contribution in [0, 0.1) is 11.6 Å². The maximum atomic E-state index is 13.6. The van der Waals surface area contributed by atoms with Crippen molar-refractivity contribution >= 4 is 22.4 Å². The Hall–Kier alpha value is -2.76. The van der Waals surface area contributed by atoms with E-state index in [4.69, 9.17) is 4.74 Å². The summed E-state index contributed by atoms with van der Waals surface area (Å²) in [5, 5.41) is 0.611. The number of anilines is 2. The Morgan fingerprint density at radius 2 is 1.82 bits per heavy atom. The van der Waals surface area contributed by atoms with Crippen LogP contribution in [-0.2, 0) is 0 Å². The Labute approximate surface area is 125 Å². The van der Waals surface area contributed by atoms with Crippen LogP contribution >= 0.6 is 0 Å². The van der Waals surface area contributed by atoms with Crippen LogP contribution < -0.4 is 9.64 Å². The summed E-state index contributed by atoms with van der Waals surface area (Å²) in [5.74, 6) is 0.324. The Morgan fingerprint density at radius 3 is 2.73 bits per heavy atom. The highest BCUT2D eigenvalue weighted by atomic mass is 19.1. The van der Waals surface area contributed by atoms with Gasteiger partial charge in [0, 0.05) is 11.5 Å². The van der Waals surface area contributed by atoms with E-state index in [0.29, 0.717) is 41.3 Å². The summed E-state index contributed by atoms with van der Waals surface area (Å²) in [6, 6.07) is 8.72. The molecule has 0 unspecified atom stereocenters. The van der Waals surface area contributed by atoms with Gasteiger partial charge in [-0.05, 0) is 30.3 Å². The number of halogens is 2. The zero-order valence-electron chi connectivity index (χ0n) is 11.5. The minimum Gasteiger partial charge on any atom is -0.489 e. The quantitative estimate of drug-likeness (QED) is 0.690. The molecule has 0 radical (unpaired) electrons. The molecule has 2 aromatic carbocycles. The van der Waals surface area contributed by atoms with Crippen molar-refractivity contribution in [3.8, 4) is 5.75 Å². The van der Waals surface area contributed by atoms with Crippen LogP contribution in [0.4, 0.5) is 20.3 Å². The summed E-state index contributed by atoms with van der Waals surface area (Å²) in [5.41, 5.74) is 1.36. The number of hydrogen-bond acceptors (Lipinski definition) is 4. The van der Waals surface area contributed by atoms with E-state index in [1.54, 1.807) is 12.1 Å². The molecule has 110 valence electrons. The minimum atomic E-state index is -0.362. The van der Waals surface area contributed by atoms with E-state index in [0.717, 1.165) is 0 Å². The first-order valence-electron chi connectivity index (χ1n) is 6.82. The smallest absolute Gasteiger partial charge is 0.146 e. The molecule has 0 bridgehead atoms. The second kappa shape index (κ2) is 4.91. The molecule has 0 spiro atoms. The van der Waals surface area contributed by atoms with Crippen molar-refractivity contribution < 1.29 is 13.5 Å². The largest absolute Gasteiger partial charge is 0.489 e. The Morgan fingerprint density at radius 1 is 1.00 bits per heavy atom. The van der Waals surface area contributed by atoms with E-state index in [1.807, 2.05) is 4.90 Å². The van der Waals surface area contributed by atoms with Crippen LogP contribution in [0.5, 0.6) is 5.75 Å². The van der Waals surface area contributed by atoms with Gasteiger partial charge in [-0.1, -0.05) is 0 Å². The molecule has 1 aliphatic rings. The van der Waals surface area contributed by atoms with Crippen LogP contribution in [0.15, 0.2) is 42.7 Å². The fourth-order valence-electron chi connectivity index (χ4n) is 2.64. The van der Waals surface area contributed by atoms with Crippen molar-refractivity contribution in [3.05, 3.63) is 54.4 Å². The van der Waals surface area contributed by atoms with Gasteiger partial charge >= 0.3 is 0 Å². The predicted molar refractivity (Wildman–Crippen MR) is 78.4 cm³/mol. The first-order chi connectivity index (χ1) is 10.7. The lowest BCUT2D eigenvalue weighted by molar-refractivity contribution is 0.312. The van der Waals surface area contributed by atoms with Crippen molar-refractivity contribution in [1.29, 1.82) is 0 Å². The van der Waals surface area contributed by atoms with Gasteiger partial charge in [-0.3, -0.25) is 0 Å². The number of benzene rings is 2. The molecule has 1 aliphatic heterocycles. The summed E-state index contributed by atoms with van der Waals surface area (Å²) in [6.45, 7) is 0.943. The molecule has 3 aromatic rings. The molecule has 4 rings (SSSR count). The van der Waals surface area contributed by atoms with E-state index in [1.165, 1.54) is 30.6 Å². The molecule has 0 saturated carbocycles. The van der Waals surface area contributed by atoms with Crippen molar-refractivity contribution in [2.24, 2.45) is 0 Å². The van der Waals surface area contributed by atoms with Crippen molar-refractivity contribution in [3.63, 3.8) is 0 Å². The van der Waals surface area contributed by atoms with Gasteiger partial charge in [0.2, 0.25) is 0 Å². The van der Waals surface area contributed by atoms with Crippen molar-refractivity contribution in [2.75, 3.05) is 18.1 Å². The van der Waals surface area contributed by atoms with Gasteiger partial charge in [0.05, 0.1) is 17.7 Å². The van der Waals surface area contributed by atoms with E-state index in [-0.39, 0.29) is 11.6 Å². The molecule has 0 fully saturated rings. The topological polar surface area (TPSA) is 38.2 Å². The van der Waals surface area contributed by atoms with E-state index in [2.05, 4.69) is 9.97 Å². The van der Waals surface area contributed by atoms with E-state index in [9.17, 15) is 8.78 Å². The average molecular weight is 299 g/mol. The summed E-state index contributed by atoms with van der Waals surface area (Å²) in [7, 11) is 0. The highest BCUT2D eigenvalue weighted by molar-refractivity contribution is 5.92. The molecule has 6 heteroatoms. The first-order valence-corrected chi connectivity index (χ1v) is 6.82. The van der Waals surface area contributed by atoms with Crippen LogP contribution in [0.1, 0.15) is 0 Å². The third kappa shape index (κ3) is 2.04. The molecule has 0 atom stereocenters. The molecule has 0 saturated heterocycles. The Balaban J connectivity index is 1.92. The second-order valence-corrected chi connectivity index (χ2v) is 4.97. The third-order valence-corrected chi connectivity index (χ3v) is 3.62. The normalized spacial score (nSPS) is 13.8. The zero-order chi connectivity index (χ0) is 15.1. The van der Waals surface area contributed by atoms with Gasteiger partial charge in [-0.2, -0.15) is 0 Å². The molecule has 4 nitrogen and oxygen atoms in total. The molecular formula is C16H11F2N3O. The van der Waals surface area contributed by atoms with Gasteiger partial charge in [0.25, 0.3) is 0 Å². The predicted octanol–water partition coefficient (Wildman–Crippen LogP) is 3.44. The van der Waals surface area contributed by atoms with Crippen LogP contribution in [0.2, 0.25) is 0 Å². The molecule has 2 heterocycles. The molecule has 0 amide bonds. The van der Waals surface area contributed by atoms with Gasteiger partial charge in [0.15, 0.2) is 0 Å².